The SMILES string of the molecule is Cc1ccccc1C(C)OC(=O)Nc1c(Cl)noc1C#Cc1cc2cc(C3(C(=O)O)CC3)oc2o1. The van der Waals surface area contributed by atoms with Crippen LogP contribution < -0.4 is 5.32 Å². The van der Waals surface area contributed by atoms with Gasteiger partial charge in [-0.25, -0.2) is 4.79 Å². The van der Waals surface area contributed by atoms with E-state index >= 15 is 0 Å². The van der Waals surface area contributed by atoms with Crippen LogP contribution in [-0.2, 0) is 14.9 Å². The highest BCUT2D eigenvalue weighted by atomic mass is 35.5. The first-order valence-electron chi connectivity index (χ1n) is 10.7. The Morgan fingerprint density at radius 1 is 1.23 bits per heavy atom. The van der Waals surface area contributed by atoms with Crippen LogP contribution in [0.2, 0.25) is 5.15 Å². The van der Waals surface area contributed by atoms with Gasteiger partial charge in [0.1, 0.15) is 23.0 Å². The van der Waals surface area contributed by atoms with Crippen LogP contribution in [0.3, 0.4) is 0 Å². The summed E-state index contributed by atoms with van der Waals surface area (Å²) in [7, 11) is 0. The van der Waals surface area contributed by atoms with E-state index in [1.807, 2.05) is 31.2 Å². The van der Waals surface area contributed by atoms with E-state index < -0.39 is 23.6 Å². The number of carbonyl (C=O) groups excluding carboxylic acids is 1. The maximum Gasteiger partial charge on any atom is 0.412 e. The highest BCUT2D eigenvalue weighted by Crippen LogP contribution is 2.50. The third-order valence-corrected chi connectivity index (χ3v) is 6.19. The Labute approximate surface area is 204 Å². The number of aromatic nitrogens is 1. The molecule has 0 spiro atoms. The molecule has 1 unspecified atom stereocenters. The minimum Gasteiger partial charge on any atom is -0.480 e. The number of anilines is 1. The van der Waals surface area contributed by atoms with E-state index in [9.17, 15) is 14.7 Å². The van der Waals surface area contributed by atoms with Gasteiger partial charge in [0.15, 0.2) is 10.9 Å². The Balaban J connectivity index is 1.30. The molecule has 9 nitrogen and oxygen atoms in total. The molecule has 10 heteroatoms. The normalized spacial score (nSPS) is 14.7. The molecule has 1 aliphatic carbocycles. The largest absolute Gasteiger partial charge is 0.480 e. The quantitative estimate of drug-likeness (QED) is 0.333. The van der Waals surface area contributed by atoms with Crippen molar-refractivity contribution in [3.63, 3.8) is 0 Å². The summed E-state index contributed by atoms with van der Waals surface area (Å²) in [6, 6.07) is 10.9. The van der Waals surface area contributed by atoms with Gasteiger partial charge in [-0.2, -0.15) is 0 Å². The van der Waals surface area contributed by atoms with Gasteiger partial charge in [-0.15, -0.1) is 0 Å². The minimum atomic E-state index is -0.962. The molecule has 0 saturated heterocycles. The van der Waals surface area contributed by atoms with Crippen molar-refractivity contribution < 1.29 is 32.8 Å². The number of nitrogens with one attached hydrogen (secondary N) is 1. The van der Waals surface area contributed by atoms with E-state index in [1.165, 1.54) is 0 Å². The first kappa shape index (κ1) is 22.6. The number of halogens is 1. The fourth-order valence-electron chi connectivity index (χ4n) is 3.81. The van der Waals surface area contributed by atoms with E-state index in [2.05, 4.69) is 22.3 Å². The number of aliphatic carboxylic acids is 1. The van der Waals surface area contributed by atoms with Crippen molar-refractivity contribution in [3.8, 4) is 11.8 Å². The number of furan rings is 2. The Hall–Kier alpha value is -4.16. The molecular formula is C25H19ClN2O7. The molecule has 4 aromatic rings. The van der Waals surface area contributed by atoms with Gasteiger partial charge in [-0.05, 0) is 55.7 Å². The van der Waals surface area contributed by atoms with E-state index in [0.717, 1.165) is 11.1 Å². The number of carboxylic acid groups (broad SMARTS) is 1. The number of amides is 1. The van der Waals surface area contributed by atoms with Crippen LogP contribution in [0, 0.1) is 18.8 Å². The monoisotopic (exact) mass is 494 g/mol. The molecule has 0 radical (unpaired) electrons. The van der Waals surface area contributed by atoms with Crippen LogP contribution >= 0.6 is 11.6 Å². The first-order chi connectivity index (χ1) is 16.8. The second kappa shape index (κ2) is 8.56. The number of hydrogen-bond acceptors (Lipinski definition) is 7. The number of aryl methyl sites for hydroxylation is 1. The van der Waals surface area contributed by atoms with Gasteiger partial charge in [-0.3, -0.25) is 10.1 Å². The number of fused-ring (bicyclic) bond motifs is 1. The third-order valence-electron chi connectivity index (χ3n) is 5.93. The van der Waals surface area contributed by atoms with Crippen molar-refractivity contribution in [3.05, 3.63) is 70.0 Å². The molecule has 1 aromatic carbocycles. The minimum absolute atomic E-state index is 0.00649. The molecule has 1 aliphatic rings. The van der Waals surface area contributed by atoms with Crippen molar-refractivity contribution in [1.82, 2.24) is 5.16 Å². The molecule has 1 fully saturated rings. The molecule has 3 aromatic heterocycles. The predicted molar refractivity (Wildman–Crippen MR) is 124 cm³/mol. The molecule has 0 aliphatic heterocycles. The van der Waals surface area contributed by atoms with E-state index in [0.29, 0.717) is 24.0 Å². The molecule has 5 rings (SSSR count). The molecular weight excluding hydrogens is 476 g/mol. The lowest BCUT2D eigenvalue weighted by molar-refractivity contribution is -0.140. The van der Waals surface area contributed by atoms with Crippen LogP contribution in [0.1, 0.15) is 54.3 Å². The highest BCUT2D eigenvalue weighted by Gasteiger charge is 2.54. The van der Waals surface area contributed by atoms with Crippen molar-refractivity contribution >= 4 is 40.5 Å². The summed E-state index contributed by atoms with van der Waals surface area (Å²) in [6.45, 7) is 3.69. The Morgan fingerprint density at radius 2 is 2.00 bits per heavy atom. The molecule has 2 N–H and O–H groups in total. The van der Waals surface area contributed by atoms with Crippen LogP contribution in [0.15, 0.2) is 49.8 Å². The second-order valence-corrected chi connectivity index (χ2v) is 8.67. The summed E-state index contributed by atoms with van der Waals surface area (Å²) in [5, 5.41) is 16.1. The Morgan fingerprint density at radius 3 is 2.69 bits per heavy atom. The Bertz CT molecular complexity index is 1480. The fraction of sp³-hybridized carbons (Fsp3) is 0.240. The maximum absolute atomic E-state index is 12.5. The van der Waals surface area contributed by atoms with Gasteiger partial charge < -0.3 is 23.2 Å². The predicted octanol–water partition coefficient (Wildman–Crippen LogP) is 5.80. The number of rotatable bonds is 5. The number of nitrogens with zero attached hydrogens (tertiary/aromatic N) is 1. The lowest BCUT2D eigenvalue weighted by Crippen LogP contribution is -2.18. The van der Waals surface area contributed by atoms with Crippen molar-refractivity contribution in [2.45, 2.75) is 38.2 Å². The molecule has 3 heterocycles. The van der Waals surface area contributed by atoms with Crippen LogP contribution in [0.5, 0.6) is 0 Å². The van der Waals surface area contributed by atoms with Crippen LogP contribution in [-0.4, -0.2) is 22.3 Å². The summed E-state index contributed by atoms with van der Waals surface area (Å²) >= 11 is 6.06. The van der Waals surface area contributed by atoms with Gasteiger partial charge in [0.25, 0.3) is 5.78 Å². The van der Waals surface area contributed by atoms with Crippen molar-refractivity contribution in [2.24, 2.45) is 0 Å². The summed E-state index contributed by atoms with van der Waals surface area (Å²) < 4.78 is 21.8. The number of carbonyl (C=O) groups is 2. The van der Waals surface area contributed by atoms with Crippen molar-refractivity contribution in [1.29, 1.82) is 0 Å². The number of hydrogen-bond donors (Lipinski definition) is 2. The molecule has 178 valence electrons. The van der Waals surface area contributed by atoms with E-state index in [-0.39, 0.29) is 28.1 Å². The van der Waals surface area contributed by atoms with E-state index in [4.69, 9.17) is 29.7 Å². The van der Waals surface area contributed by atoms with Gasteiger partial charge in [0.2, 0.25) is 5.76 Å². The lowest BCUT2D eigenvalue weighted by atomic mass is 10.0. The van der Waals surface area contributed by atoms with Gasteiger partial charge in [0.05, 0.1) is 5.39 Å². The summed E-state index contributed by atoms with van der Waals surface area (Å²) in [5.74, 6) is 5.36. The zero-order chi connectivity index (χ0) is 24.7. The van der Waals surface area contributed by atoms with Gasteiger partial charge >= 0.3 is 12.1 Å². The zero-order valence-electron chi connectivity index (χ0n) is 18.7. The van der Waals surface area contributed by atoms with Crippen LogP contribution in [0.4, 0.5) is 10.5 Å². The standard InChI is InChI=1S/C25H19ClN2O7/c1-13-5-3-4-6-17(13)14(2)32-24(31)27-20-18(35-28-21(20)26)8-7-16-11-15-12-19(34-22(15)33-16)25(9-10-25)23(29)30/h3-6,11-12,14H,9-10H2,1-2H3,(H,27,31)(H,29,30). The number of ether oxygens (including phenoxy) is 1. The number of carboxylic acids is 1. The summed E-state index contributed by atoms with van der Waals surface area (Å²) in [5.41, 5.74) is 0.973. The molecule has 35 heavy (non-hydrogen) atoms. The number of benzene rings is 1. The molecule has 1 saturated carbocycles. The highest BCUT2D eigenvalue weighted by molar-refractivity contribution is 6.32. The Kier molecular flexibility index (Phi) is 5.53. The smallest absolute Gasteiger partial charge is 0.412 e. The fourth-order valence-corrected chi connectivity index (χ4v) is 3.98. The van der Waals surface area contributed by atoms with Gasteiger partial charge in [-0.1, -0.05) is 41.0 Å². The topological polar surface area (TPSA) is 128 Å². The molecule has 0 bridgehead atoms. The summed E-state index contributed by atoms with van der Waals surface area (Å²) in [4.78, 5) is 23.9. The lowest BCUT2D eigenvalue weighted by Gasteiger charge is -2.15. The summed E-state index contributed by atoms with van der Waals surface area (Å²) in [6.07, 6.45) is -0.188. The second-order valence-electron chi connectivity index (χ2n) is 8.31. The maximum atomic E-state index is 12.5. The zero-order valence-corrected chi connectivity index (χ0v) is 19.4. The van der Waals surface area contributed by atoms with Gasteiger partial charge in [0, 0.05) is 6.07 Å². The third kappa shape index (κ3) is 4.24. The molecule has 1 amide bonds. The van der Waals surface area contributed by atoms with Crippen molar-refractivity contribution in [2.75, 3.05) is 5.32 Å². The van der Waals surface area contributed by atoms with Crippen LogP contribution in [0.25, 0.3) is 11.2 Å². The average Bonchev–Trinajstić information content (AvgIpc) is 3.25. The first-order valence-corrected chi connectivity index (χ1v) is 11.1. The average molecular weight is 495 g/mol. The molecule has 1 atom stereocenters. The van der Waals surface area contributed by atoms with E-state index in [1.54, 1.807) is 19.1 Å².